The molecular formula is C8H6FN. The minimum Gasteiger partial charge on any atom is -0.260 e. The zero-order valence-electron chi connectivity index (χ0n) is 5.56. The van der Waals surface area contributed by atoms with Gasteiger partial charge in [-0.2, -0.15) is 0 Å². The lowest BCUT2D eigenvalue weighted by Gasteiger charge is -1.87. The number of hydrogen-bond acceptors (Lipinski definition) is 1. The highest BCUT2D eigenvalue weighted by atomic mass is 19.1. The predicted molar refractivity (Wildman–Crippen MR) is 36.7 cm³/mol. The zero-order valence-corrected chi connectivity index (χ0v) is 5.56. The van der Waals surface area contributed by atoms with Gasteiger partial charge in [0.25, 0.3) is 0 Å². The Balaban J connectivity index is 3.03. The Morgan fingerprint density at radius 1 is 1.50 bits per heavy atom. The van der Waals surface area contributed by atoms with Gasteiger partial charge in [-0.1, -0.05) is 5.92 Å². The largest absolute Gasteiger partial charge is 0.260 e. The van der Waals surface area contributed by atoms with E-state index in [1.54, 1.807) is 6.92 Å². The summed E-state index contributed by atoms with van der Waals surface area (Å²) in [6.07, 6.45) is 2.68. The highest BCUT2D eigenvalue weighted by molar-refractivity contribution is 5.30. The summed E-state index contributed by atoms with van der Waals surface area (Å²) in [6, 6.07) is 1.35. The zero-order chi connectivity index (χ0) is 7.40. The standard InChI is InChI=1S/C8H6FN/c1-2-3-7-4-8(9)6-10-5-7/h4-6H,1H3. The maximum atomic E-state index is 12.4. The summed E-state index contributed by atoms with van der Waals surface area (Å²) in [5.74, 6) is 5.00. The van der Waals surface area contributed by atoms with Gasteiger partial charge in [-0.15, -0.1) is 5.92 Å². The molecule has 1 rings (SSSR count). The van der Waals surface area contributed by atoms with E-state index in [0.717, 1.165) is 6.20 Å². The second-order valence-electron chi connectivity index (χ2n) is 1.77. The Hall–Kier alpha value is -1.36. The molecule has 50 valence electrons. The number of hydrogen-bond donors (Lipinski definition) is 0. The Kier molecular flexibility index (Phi) is 2.01. The summed E-state index contributed by atoms with van der Waals surface area (Å²) in [6.45, 7) is 1.70. The first-order valence-electron chi connectivity index (χ1n) is 2.86. The third-order valence-electron chi connectivity index (χ3n) is 0.974. The molecule has 0 aliphatic carbocycles. The molecule has 0 fully saturated rings. The molecule has 1 heterocycles. The Morgan fingerprint density at radius 3 is 2.90 bits per heavy atom. The third kappa shape index (κ3) is 1.56. The van der Waals surface area contributed by atoms with Crippen LogP contribution in [0.4, 0.5) is 4.39 Å². The van der Waals surface area contributed by atoms with Gasteiger partial charge in [-0.05, 0) is 13.0 Å². The Bertz CT molecular complexity index is 283. The number of pyridine rings is 1. The van der Waals surface area contributed by atoms with E-state index in [4.69, 9.17) is 0 Å². The van der Waals surface area contributed by atoms with Gasteiger partial charge in [-0.3, -0.25) is 4.98 Å². The van der Waals surface area contributed by atoms with E-state index in [1.165, 1.54) is 12.3 Å². The molecule has 0 aromatic carbocycles. The summed E-state index contributed by atoms with van der Waals surface area (Å²) >= 11 is 0. The first kappa shape index (κ1) is 6.76. The van der Waals surface area contributed by atoms with Gasteiger partial charge < -0.3 is 0 Å². The van der Waals surface area contributed by atoms with Gasteiger partial charge in [0.05, 0.1) is 6.20 Å². The second-order valence-corrected chi connectivity index (χ2v) is 1.77. The van der Waals surface area contributed by atoms with E-state index in [0.29, 0.717) is 5.56 Å². The van der Waals surface area contributed by atoms with Gasteiger partial charge in [0, 0.05) is 11.8 Å². The van der Waals surface area contributed by atoms with Crippen molar-refractivity contribution < 1.29 is 4.39 Å². The van der Waals surface area contributed by atoms with E-state index in [1.807, 2.05) is 0 Å². The van der Waals surface area contributed by atoms with E-state index in [2.05, 4.69) is 16.8 Å². The lowest BCUT2D eigenvalue weighted by Crippen LogP contribution is -1.80. The normalized spacial score (nSPS) is 8.20. The summed E-state index contributed by atoms with van der Waals surface area (Å²) in [7, 11) is 0. The molecule has 0 aliphatic heterocycles. The van der Waals surface area contributed by atoms with Crippen molar-refractivity contribution in [2.24, 2.45) is 0 Å². The van der Waals surface area contributed by atoms with E-state index >= 15 is 0 Å². The summed E-state index contributed by atoms with van der Waals surface area (Å²) in [4.78, 5) is 3.63. The molecular weight excluding hydrogens is 129 g/mol. The molecule has 1 nitrogen and oxygen atoms in total. The average molecular weight is 135 g/mol. The molecule has 0 saturated heterocycles. The van der Waals surface area contributed by atoms with Crippen LogP contribution < -0.4 is 0 Å². The van der Waals surface area contributed by atoms with Crippen LogP contribution in [-0.2, 0) is 0 Å². The quantitative estimate of drug-likeness (QED) is 0.492. The van der Waals surface area contributed by atoms with Gasteiger partial charge in [-0.25, -0.2) is 4.39 Å². The van der Waals surface area contributed by atoms with Crippen LogP contribution in [0.1, 0.15) is 12.5 Å². The van der Waals surface area contributed by atoms with Crippen LogP contribution in [0.2, 0.25) is 0 Å². The van der Waals surface area contributed by atoms with Crippen LogP contribution in [0.25, 0.3) is 0 Å². The first-order valence-corrected chi connectivity index (χ1v) is 2.86. The monoisotopic (exact) mass is 135 g/mol. The van der Waals surface area contributed by atoms with Gasteiger partial charge in [0.2, 0.25) is 0 Å². The summed E-state index contributed by atoms with van der Waals surface area (Å²) in [5, 5.41) is 0. The van der Waals surface area contributed by atoms with Crippen LogP contribution >= 0.6 is 0 Å². The van der Waals surface area contributed by atoms with Crippen molar-refractivity contribution in [2.75, 3.05) is 0 Å². The molecule has 0 bridgehead atoms. The van der Waals surface area contributed by atoms with Crippen LogP contribution in [0.5, 0.6) is 0 Å². The minimum absolute atomic E-state index is 0.347. The predicted octanol–water partition coefficient (Wildman–Crippen LogP) is 1.59. The fourth-order valence-corrected chi connectivity index (χ4v) is 0.625. The highest BCUT2D eigenvalue weighted by Gasteiger charge is 1.89. The summed E-state index contributed by atoms with van der Waals surface area (Å²) < 4.78 is 12.4. The minimum atomic E-state index is -0.347. The lowest BCUT2D eigenvalue weighted by molar-refractivity contribution is 0.621. The van der Waals surface area contributed by atoms with Crippen molar-refractivity contribution >= 4 is 0 Å². The molecule has 0 atom stereocenters. The molecule has 0 spiro atoms. The molecule has 0 radical (unpaired) electrons. The van der Waals surface area contributed by atoms with E-state index in [-0.39, 0.29) is 5.82 Å². The Morgan fingerprint density at radius 2 is 2.30 bits per heavy atom. The molecule has 0 amide bonds. The van der Waals surface area contributed by atoms with Crippen molar-refractivity contribution in [1.82, 2.24) is 4.98 Å². The highest BCUT2D eigenvalue weighted by Crippen LogP contribution is 1.97. The van der Waals surface area contributed by atoms with Crippen LogP contribution in [0.3, 0.4) is 0 Å². The molecule has 10 heavy (non-hydrogen) atoms. The SMILES string of the molecule is CC#Cc1cncc(F)c1. The fraction of sp³-hybridized carbons (Fsp3) is 0.125. The van der Waals surface area contributed by atoms with Crippen LogP contribution in [0, 0.1) is 17.7 Å². The topological polar surface area (TPSA) is 12.9 Å². The van der Waals surface area contributed by atoms with Crippen molar-refractivity contribution in [2.45, 2.75) is 6.92 Å². The molecule has 0 aliphatic rings. The third-order valence-corrected chi connectivity index (χ3v) is 0.974. The fourth-order valence-electron chi connectivity index (χ4n) is 0.625. The maximum Gasteiger partial charge on any atom is 0.142 e. The Labute approximate surface area is 58.9 Å². The summed E-state index contributed by atoms with van der Waals surface area (Å²) in [5.41, 5.74) is 0.613. The molecule has 1 aromatic rings. The molecule has 0 N–H and O–H groups in total. The van der Waals surface area contributed by atoms with Gasteiger partial charge in [0.1, 0.15) is 5.82 Å². The van der Waals surface area contributed by atoms with E-state index < -0.39 is 0 Å². The first-order chi connectivity index (χ1) is 4.83. The maximum absolute atomic E-state index is 12.4. The van der Waals surface area contributed by atoms with Crippen molar-refractivity contribution in [1.29, 1.82) is 0 Å². The number of aromatic nitrogens is 1. The molecule has 2 heteroatoms. The van der Waals surface area contributed by atoms with Crippen LogP contribution in [0.15, 0.2) is 18.5 Å². The lowest BCUT2D eigenvalue weighted by atomic mass is 10.3. The number of halogens is 1. The average Bonchev–Trinajstić information content (AvgIpc) is 1.88. The van der Waals surface area contributed by atoms with Gasteiger partial charge >= 0.3 is 0 Å². The second kappa shape index (κ2) is 2.98. The van der Waals surface area contributed by atoms with E-state index in [9.17, 15) is 4.39 Å². The van der Waals surface area contributed by atoms with Crippen molar-refractivity contribution in [3.8, 4) is 11.8 Å². The smallest absolute Gasteiger partial charge is 0.142 e. The number of nitrogens with zero attached hydrogens (tertiary/aromatic N) is 1. The van der Waals surface area contributed by atoms with Gasteiger partial charge in [0.15, 0.2) is 0 Å². The van der Waals surface area contributed by atoms with Crippen LogP contribution in [-0.4, -0.2) is 4.98 Å². The van der Waals surface area contributed by atoms with Crippen molar-refractivity contribution in [3.05, 3.63) is 29.8 Å². The number of rotatable bonds is 0. The molecule has 0 saturated carbocycles. The molecule has 1 aromatic heterocycles. The molecule has 0 unspecified atom stereocenters. The van der Waals surface area contributed by atoms with Crippen molar-refractivity contribution in [3.63, 3.8) is 0 Å².